The van der Waals surface area contributed by atoms with Gasteiger partial charge >= 0.3 is 0 Å². The van der Waals surface area contributed by atoms with Crippen molar-refractivity contribution in [2.75, 3.05) is 37.5 Å². The van der Waals surface area contributed by atoms with Gasteiger partial charge in [0.25, 0.3) is 0 Å². The lowest BCUT2D eigenvalue weighted by molar-refractivity contribution is -0.127. The molecule has 0 aromatic heterocycles. The molecule has 8 nitrogen and oxygen atoms in total. The van der Waals surface area contributed by atoms with Gasteiger partial charge in [-0.15, -0.1) is 0 Å². The summed E-state index contributed by atoms with van der Waals surface area (Å²) in [5.41, 5.74) is 1.31. The average Bonchev–Trinajstić information content (AvgIpc) is 3.14. The van der Waals surface area contributed by atoms with Gasteiger partial charge in [0.05, 0.1) is 26.7 Å². The highest BCUT2D eigenvalue weighted by molar-refractivity contribution is 6.01. The second-order valence-corrected chi connectivity index (χ2v) is 6.60. The van der Waals surface area contributed by atoms with E-state index >= 15 is 0 Å². The van der Waals surface area contributed by atoms with E-state index in [1.165, 1.54) is 0 Å². The van der Waals surface area contributed by atoms with Gasteiger partial charge in [-0.3, -0.25) is 14.4 Å². The number of hydrogen-bond acceptors (Lipinski definition) is 5. The zero-order valence-electron chi connectivity index (χ0n) is 16.3. The Kier molecular flexibility index (Phi) is 6.33. The topological polar surface area (TPSA) is 97.0 Å². The molecule has 3 rings (SSSR count). The van der Waals surface area contributed by atoms with Crippen LogP contribution in [0.3, 0.4) is 0 Å². The number of benzene rings is 2. The molecule has 2 aromatic rings. The first-order valence-electron chi connectivity index (χ1n) is 9.16. The third kappa shape index (κ3) is 5.04. The molecule has 152 valence electrons. The number of nitrogens with zero attached hydrogens (tertiary/aromatic N) is 1. The molecule has 0 unspecified atom stereocenters. The van der Waals surface area contributed by atoms with Crippen molar-refractivity contribution < 1.29 is 23.9 Å². The van der Waals surface area contributed by atoms with E-state index in [0.29, 0.717) is 22.9 Å². The summed E-state index contributed by atoms with van der Waals surface area (Å²) in [4.78, 5) is 38.3. The average molecular weight is 397 g/mol. The van der Waals surface area contributed by atoms with Gasteiger partial charge in [0, 0.05) is 24.3 Å². The van der Waals surface area contributed by atoms with Gasteiger partial charge < -0.3 is 25.0 Å². The van der Waals surface area contributed by atoms with Crippen LogP contribution in [-0.4, -0.2) is 45.0 Å². The molecule has 1 aliphatic heterocycles. The largest absolute Gasteiger partial charge is 0.497 e. The molecule has 0 radical (unpaired) electrons. The Morgan fingerprint density at radius 3 is 2.17 bits per heavy atom. The summed E-state index contributed by atoms with van der Waals surface area (Å²) in [7, 11) is 3.13. The Balaban J connectivity index is 1.50. The minimum absolute atomic E-state index is 0.109. The Labute approximate surface area is 168 Å². The number of anilines is 2. The van der Waals surface area contributed by atoms with E-state index in [9.17, 15) is 14.4 Å². The smallest absolute Gasteiger partial charge is 0.243 e. The molecule has 1 saturated heterocycles. The minimum atomic E-state index is -0.501. The minimum Gasteiger partial charge on any atom is -0.497 e. The van der Waals surface area contributed by atoms with Gasteiger partial charge in [-0.05, 0) is 48.5 Å². The second-order valence-electron chi connectivity index (χ2n) is 6.60. The summed E-state index contributed by atoms with van der Waals surface area (Å²) in [5.74, 6) is 0.0802. The molecule has 2 N–H and O–H groups in total. The Morgan fingerprint density at radius 2 is 1.59 bits per heavy atom. The van der Waals surface area contributed by atoms with Crippen molar-refractivity contribution in [3.8, 4) is 11.5 Å². The van der Waals surface area contributed by atoms with Gasteiger partial charge in [-0.2, -0.15) is 0 Å². The van der Waals surface area contributed by atoms with Gasteiger partial charge in [0.15, 0.2) is 0 Å². The van der Waals surface area contributed by atoms with Crippen molar-refractivity contribution in [3.05, 3.63) is 48.5 Å². The van der Waals surface area contributed by atoms with Crippen LogP contribution in [0.5, 0.6) is 11.5 Å². The molecule has 0 spiro atoms. The van der Waals surface area contributed by atoms with Crippen LogP contribution in [0.15, 0.2) is 48.5 Å². The SMILES string of the molecule is COc1ccc(NC(=O)CNC(=O)[C@@H]2CC(=O)N(c3ccc(OC)cc3)C2)cc1. The number of nitrogens with one attached hydrogen (secondary N) is 2. The number of hydrogen-bond donors (Lipinski definition) is 2. The van der Waals surface area contributed by atoms with Crippen molar-refractivity contribution in [2.24, 2.45) is 5.92 Å². The van der Waals surface area contributed by atoms with Crippen LogP contribution >= 0.6 is 0 Å². The number of carbonyl (C=O) groups is 3. The first-order valence-corrected chi connectivity index (χ1v) is 9.16. The highest BCUT2D eigenvalue weighted by Crippen LogP contribution is 2.26. The number of amides is 3. The summed E-state index contributed by atoms with van der Waals surface area (Å²) in [6.45, 7) is 0.106. The highest BCUT2D eigenvalue weighted by Gasteiger charge is 2.35. The van der Waals surface area contributed by atoms with Crippen molar-refractivity contribution in [3.63, 3.8) is 0 Å². The zero-order chi connectivity index (χ0) is 20.8. The first-order chi connectivity index (χ1) is 14.0. The quantitative estimate of drug-likeness (QED) is 0.743. The molecule has 8 heteroatoms. The Hall–Kier alpha value is -3.55. The number of ether oxygens (including phenoxy) is 2. The van der Waals surface area contributed by atoms with Gasteiger partial charge in [0.2, 0.25) is 17.7 Å². The van der Waals surface area contributed by atoms with E-state index in [-0.39, 0.29) is 37.2 Å². The van der Waals surface area contributed by atoms with Crippen LogP contribution in [0.25, 0.3) is 0 Å². The monoisotopic (exact) mass is 397 g/mol. The molecule has 3 amide bonds. The Bertz CT molecular complexity index is 880. The van der Waals surface area contributed by atoms with Crippen LogP contribution in [0.4, 0.5) is 11.4 Å². The summed E-state index contributed by atoms with van der Waals surface area (Å²) >= 11 is 0. The normalized spacial score (nSPS) is 15.7. The highest BCUT2D eigenvalue weighted by atomic mass is 16.5. The second kappa shape index (κ2) is 9.09. The predicted molar refractivity (Wildman–Crippen MR) is 108 cm³/mol. The molecule has 1 atom stereocenters. The van der Waals surface area contributed by atoms with Gasteiger partial charge in [-0.25, -0.2) is 0 Å². The van der Waals surface area contributed by atoms with Crippen molar-refractivity contribution in [2.45, 2.75) is 6.42 Å². The fourth-order valence-electron chi connectivity index (χ4n) is 3.09. The standard InChI is InChI=1S/C21H23N3O5/c1-28-17-7-3-15(4-8-17)23-19(25)12-22-21(27)14-11-20(26)24(13-14)16-5-9-18(29-2)10-6-16/h3-10,14H,11-13H2,1-2H3,(H,22,27)(H,23,25)/t14-/m1/s1. The predicted octanol–water partition coefficient (Wildman–Crippen LogP) is 1.81. The molecule has 2 aromatic carbocycles. The lowest BCUT2D eigenvalue weighted by Crippen LogP contribution is -2.37. The molecule has 1 fully saturated rings. The van der Waals surface area contributed by atoms with E-state index in [1.807, 2.05) is 0 Å². The molecule has 0 bridgehead atoms. The van der Waals surface area contributed by atoms with Gasteiger partial charge in [-0.1, -0.05) is 0 Å². The van der Waals surface area contributed by atoms with E-state index in [2.05, 4.69) is 10.6 Å². The molecular formula is C21H23N3O5. The maximum atomic E-state index is 12.4. The fourth-order valence-corrected chi connectivity index (χ4v) is 3.09. The lowest BCUT2D eigenvalue weighted by atomic mass is 10.1. The number of rotatable bonds is 7. The van der Waals surface area contributed by atoms with Crippen LogP contribution in [0.2, 0.25) is 0 Å². The summed E-state index contributed by atoms with van der Waals surface area (Å²) in [5, 5.41) is 5.30. The van der Waals surface area contributed by atoms with Crippen molar-refractivity contribution in [1.29, 1.82) is 0 Å². The molecule has 0 saturated carbocycles. The molecule has 1 heterocycles. The molecule has 0 aliphatic carbocycles. The summed E-state index contributed by atoms with van der Waals surface area (Å²) in [6, 6.07) is 14.0. The van der Waals surface area contributed by atoms with Crippen LogP contribution in [0.1, 0.15) is 6.42 Å². The van der Waals surface area contributed by atoms with Crippen LogP contribution in [-0.2, 0) is 14.4 Å². The molecule has 1 aliphatic rings. The van der Waals surface area contributed by atoms with Crippen LogP contribution < -0.4 is 25.0 Å². The number of methoxy groups -OCH3 is 2. The summed E-state index contributed by atoms with van der Waals surface area (Å²) in [6.07, 6.45) is 0.109. The maximum Gasteiger partial charge on any atom is 0.243 e. The molecular weight excluding hydrogens is 374 g/mol. The van der Waals surface area contributed by atoms with E-state index in [0.717, 1.165) is 0 Å². The van der Waals surface area contributed by atoms with Crippen molar-refractivity contribution in [1.82, 2.24) is 5.32 Å². The maximum absolute atomic E-state index is 12.4. The lowest BCUT2D eigenvalue weighted by Gasteiger charge is -2.17. The Morgan fingerprint density at radius 1 is 1.00 bits per heavy atom. The zero-order valence-corrected chi connectivity index (χ0v) is 16.3. The first kappa shape index (κ1) is 20.2. The van der Waals surface area contributed by atoms with E-state index in [1.54, 1.807) is 67.7 Å². The van der Waals surface area contributed by atoms with E-state index < -0.39 is 5.92 Å². The number of carbonyl (C=O) groups excluding carboxylic acids is 3. The van der Waals surface area contributed by atoms with E-state index in [4.69, 9.17) is 9.47 Å². The third-order valence-electron chi connectivity index (χ3n) is 4.68. The van der Waals surface area contributed by atoms with Gasteiger partial charge in [0.1, 0.15) is 11.5 Å². The third-order valence-corrected chi connectivity index (χ3v) is 4.68. The van der Waals surface area contributed by atoms with Crippen LogP contribution in [0, 0.1) is 5.92 Å². The molecule has 29 heavy (non-hydrogen) atoms. The fraction of sp³-hybridized carbons (Fsp3) is 0.286. The van der Waals surface area contributed by atoms with Crippen molar-refractivity contribution >= 4 is 29.1 Å². The summed E-state index contributed by atoms with van der Waals surface area (Å²) < 4.78 is 10.2.